The molecule has 0 heterocycles. The van der Waals surface area contributed by atoms with E-state index in [1.54, 1.807) is 0 Å². The molecule has 1 unspecified atom stereocenters. The number of amides is 1. The number of carbonyl (C=O) groups excluding carboxylic acids is 1. The van der Waals surface area contributed by atoms with Crippen LogP contribution in [0.15, 0.2) is 24.3 Å². The first kappa shape index (κ1) is 21.0. The van der Waals surface area contributed by atoms with Crippen molar-refractivity contribution < 1.29 is 4.79 Å². The van der Waals surface area contributed by atoms with Gasteiger partial charge in [0.05, 0.1) is 0 Å². The Bertz CT molecular complexity index is 506. The van der Waals surface area contributed by atoms with Gasteiger partial charge in [0.1, 0.15) is 5.50 Å². The molecule has 0 aliphatic heterocycles. The first-order valence-corrected chi connectivity index (χ1v) is 9.22. The summed E-state index contributed by atoms with van der Waals surface area (Å²) < 4.78 is 0. The SMILES string of the molecule is CCN(CC)CCN(C)C(S)NC(=O)c1ccc(C(C)(C)C)cc1. The first-order valence-electron chi connectivity index (χ1n) is 8.71. The Balaban J connectivity index is 2.57. The van der Waals surface area contributed by atoms with Gasteiger partial charge in [-0.25, -0.2) is 0 Å². The Morgan fingerprint density at radius 3 is 2.12 bits per heavy atom. The Kier molecular flexibility index (Phi) is 8.27. The van der Waals surface area contributed by atoms with E-state index >= 15 is 0 Å². The summed E-state index contributed by atoms with van der Waals surface area (Å²) in [7, 11) is 1.98. The van der Waals surface area contributed by atoms with E-state index in [1.807, 2.05) is 36.2 Å². The van der Waals surface area contributed by atoms with Crippen molar-refractivity contribution in [2.45, 2.75) is 45.5 Å². The number of thiol groups is 1. The van der Waals surface area contributed by atoms with Crippen molar-refractivity contribution in [3.63, 3.8) is 0 Å². The smallest absolute Gasteiger partial charge is 0.253 e. The normalized spacial score (nSPS) is 13.4. The largest absolute Gasteiger partial charge is 0.328 e. The van der Waals surface area contributed by atoms with E-state index in [2.05, 4.69) is 57.5 Å². The van der Waals surface area contributed by atoms with E-state index in [0.717, 1.165) is 26.2 Å². The summed E-state index contributed by atoms with van der Waals surface area (Å²) in [5, 5.41) is 2.95. The van der Waals surface area contributed by atoms with Gasteiger partial charge in [-0.2, -0.15) is 0 Å². The molecule has 0 saturated heterocycles. The maximum atomic E-state index is 12.4. The molecular formula is C19H33N3OS. The van der Waals surface area contributed by atoms with Gasteiger partial charge in [-0.15, -0.1) is 12.6 Å². The number of likely N-dealkylation sites (N-methyl/N-ethyl adjacent to an activating group) is 2. The quantitative estimate of drug-likeness (QED) is 0.558. The summed E-state index contributed by atoms with van der Waals surface area (Å²) in [6.45, 7) is 14.7. The van der Waals surface area contributed by atoms with Gasteiger partial charge in [-0.3, -0.25) is 9.69 Å². The Hall–Kier alpha value is -1.04. The fourth-order valence-corrected chi connectivity index (χ4v) is 2.63. The van der Waals surface area contributed by atoms with Gasteiger partial charge in [0.2, 0.25) is 0 Å². The van der Waals surface area contributed by atoms with Gasteiger partial charge < -0.3 is 10.2 Å². The number of hydrogen-bond acceptors (Lipinski definition) is 4. The molecule has 0 spiro atoms. The van der Waals surface area contributed by atoms with Crippen LogP contribution >= 0.6 is 12.6 Å². The van der Waals surface area contributed by atoms with Gasteiger partial charge in [-0.1, -0.05) is 46.8 Å². The van der Waals surface area contributed by atoms with Crippen LogP contribution in [-0.4, -0.2) is 54.4 Å². The maximum Gasteiger partial charge on any atom is 0.253 e. The van der Waals surface area contributed by atoms with Gasteiger partial charge in [-0.05, 0) is 43.2 Å². The molecule has 1 atom stereocenters. The van der Waals surface area contributed by atoms with E-state index in [0.29, 0.717) is 5.56 Å². The molecule has 0 aromatic heterocycles. The lowest BCUT2D eigenvalue weighted by atomic mass is 9.87. The maximum absolute atomic E-state index is 12.4. The standard InChI is InChI=1S/C19H33N3OS/c1-7-22(8-2)14-13-21(6)18(24)20-17(23)15-9-11-16(12-10-15)19(3,4)5/h9-12,18,24H,7-8,13-14H2,1-6H3,(H,20,23). The molecule has 1 aromatic rings. The highest BCUT2D eigenvalue weighted by Gasteiger charge is 2.17. The molecule has 1 amide bonds. The number of carbonyl (C=O) groups is 1. The zero-order valence-corrected chi connectivity index (χ0v) is 16.9. The highest BCUT2D eigenvalue weighted by molar-refractivity contribution is 7.80. The van der Waals surface area contributed by atoms with E-state index in [1.165, 1.54) is 5.56 Å². The molecule has 0 radical (unpaired) electrons. The summed E-state index contributed by atoms with van der Waals surface area (Å²) in [5.74, 6) is -0.0925. The van der Waals surface area contributed by atoms with E-state index in [-0.39, 0.29) is 16.8 Å². The predicted molar refractivity (Wildman–Crippen MR) is 106 cm³/mol. The molecule has 0 aliphatic rings. The zero-order chi connectivity index (χ0) is 18.3. The van der Waals surface area contributed by atoms with E-state index < -0.39 is 0 Å². The molecule has 0 bridgehead atoms. The molecule has 136 valence electrons. The Morgan fingerprint density at radius 2 is 1.67 bits per heavy atom. The number of hydrogen-bond donors (Lipinski definition) is 2. The van der Waals surface area contributed by atoms with E-state index in [4.69, 9.17) is 0 Å². The lowest BCUT2D eigenvalue weighted by molar-refractivity contribution is 0.0915. The highest BCUT2D eigenvalue weighted by atomic mass is 32.1. The summed E-state index contributed by atoms with van der Waals surface area (Å²) >= 11 is 4.52. The van der Waals surface area contributed by atoms with Crippen molar-refractivity contribution in [1.82, 2.24) is 15.1 Å². The van der Waals surface area contributed by atoms with Crippen LogP contribution in [0, 0.1) is 0 Å². The molecule has 4 nitrogen and oxygen atoms in total. The average Bonchev–Trinajstić information content (AvgIpc) is 2.54. The second-order valence-corrected chi connectivity index (χ2v) is 7.67. The van der Waals surface area contributed by atoms with Crippen LogP contribution in [0.4, 0.5) is 0 Å². The average molecular weight is 352 g/mol. The third kappa shape index (κ3) is 6.46. The van der Waals surface area contributed by atoms with Crippen LogP contribution in [0.5, 0.6) is 0 Å². The third-order valence-electron chi connectivity index (χ3n) is 4.35. The zero-order valence-electron chi connectivity index (χ0n) is 16.0. The lowest BCUT2D eigenvalue weighted by Gasteiger charge is -2.27. The van der Waals surface area contributed by atoms with Crippen molar-refractivity contribution in [2.24, 2.45) is 0 Å². The van der Waals surface area contributed by atoms with Gasteiger partial charge in [0.25, 0.3) is 5.91 Å². The fourth-order valence-electron chi connectivity index (χ4n) is 2.39. The minimum atomic E-state index is -0.296. The van der Waals surface area contributed by atoms with Gasteiger partial charge in [0, 0.05) is 18.7 Å². The van der Waals surface area contributed by atoms with Crippen LogP contribution < -0.4 is 5.32 Å². The van der Waals surface area contributed by atoms with Crippen LogP contribution in [0.25, 0.3) is 0 Å². The molecule has 0 saturated carbocycles. The molecule has 1 N–H and O–H groups in total. The van der Waals surface area contributed by atoms with Crippen LogP contribution in [0.1, 0.15) is 50.5 Å². The predicted octanol–water partition coefficient (Wildman–Crippen LogP) is 3.20. The molecule has 0 fully saturated rings. The van der Waals surface area contributed by atoms with Crippen molar-refractivity contribution in [2.75, 3.05) is 33.2 Å². The number of rotatable bonds is 8. The molecule has 24 heavy (non-hydrogen) atoms. The summed E-state index contributed by atoms with van der Waals surface area (Å²) in [6, 6.07) is 7.80. The Labute approximate surface area is 153 Å². The number of nitrogens with one attached hydrogen (secondary N) is 1. The summed E-state index contributed by atoms with van der Waals surface area (Å²) in [5.41, 5.74) is 1.68. The topological polar surface area (TPSA) is 35.6 Å². The number of benzene rings is 1. The molecule has 0 aliphatic carbocycles. The second-order valence-electron chi connectivity index (χ2n) is 7.18. The van der Waals surface area contributed by atoms with E-state index in [9.17, 15) is 4.79 Å². The van der Waals surface area contributed by atoms with Gasteiger partial charge >= 0.3 is 0 Å². The lowest BCUT2D eigenvalue weighted by Crippen LogP contribution is -2.45. The van der Waals surface area contributed by atoms with Crippen LogP contribution in [0.3, 0.4) is 0 Å². The van der Waals surface area contributed by atoms with Gasteiger partial charge in [0.15, 0.2) is 0 Å². The van der Waals surface area contributed by atoms with Crippen molar-refractivity contribution in [1.29, 1.82) is 0 Å². The molecule has 1 rings (SSSR count). The van der Waals surface area contributed by atoms with Crippen molar-refractivity contribution in [3.05, 3.63) is 35.4 Å². The molecule has 1 aromatic carbocycles. The monoisotopic (exact) mass is 351 g/mol. The Morgan fingerprint density at radius 1 is 1.12 bits per heavy atom. The summed E-state index contributed by atoms with van der Waals surface area (Å²) in [4.78, 5) is 16.8. The van der Waals surface area contributed by atoms with Crippen LogP contribution in [-0.2, 0) is 5.41 Å². The van der Waals surface area contributed by atoms with Crippen molar-refractivity contribution in [3.8, 4) is 0 Å². The van der Waals surface area contributed by atoms with Crippen molar-refractivity contribution >= 4 is 18.5 Å². The summed E-state index contributed by atoms with van der Waals surface area (Å²) in [6.07, 6.45) is 0. The minimum Gasteiger partial charge on any atom is -0.328 e. The highest BCUT2D eigenvalue weighted by Crippen LogP contribution is 2.22. The molecular weight excluding hydrogens is 318 g/mol. The van der Waals surface area contributed by atoms with Crippen LogP contribution in [0.2, 0.25) is 0 Å². The first-order chi connectivity index (χ1) is 11.2. The fraction of sp³-hybridized carbons (Fsp3) is 0.632. The number of nitrogens with zero attached hydrogens (tertiary/aromatic N) is 2. The minimum absolute atomic E-state index is 0.0890. The third-order valence-corrected chi connectivity index (χ3v) is 4.88. The molecule has 5 heteroatoms. The second kappa shape index (κ2) is 9.44.